The van der Waals surface area contributed by atoms with Crippen LogP contribution in [0.15, 0.2) is 36.4 Å². The van der Waals surface area contributed by atoms with Crippen LogP contribution in [0.5, 0.6) is 5.75 Å². The van der Waals surface area contributed by atoms with E-state index in [4.69, 9.17) is 16.3 Å². The second-order valence-corrected chi connectivity index (χ2v) is 5.06. The Bertz CT molecular complexity index is 581. The van der Waals surface area contributed by atoms with Crippen molar-refractivity contribution in [1.29, 1.82) is 0 Å². The van der Waals surface area contributed by atoms with Crippen LogP contribution in [0, 0.1) is 13.8 Å². The average molecular weight is 276 g/mol. The highest BCUT2D eigenvalue weighted by molar-refractivity contribution is 6.30. The van der Waals surface area contributed by atoms with Crippen molar-refractivity contribution in [2.45, 2.75) is 20.4 Å². The van der Waals surface area contributed by atoms with Gasteiger partial charge < -0.3 is 10.1 Å². The lowest BCUT2D eigenvalue weighted by atomic mass is 10.1. The molecule has 100 valence electrons. The van der Waals surface area contributed by atoms with Gasteiger partial charge in [-0.25, -0.2) is 0 Å². The largest absolute Gasteiger partial charge is 0.496 e. The Kier molecular flexibility index (Phi) is 4.33. The first-order valence-electron chi connectivity index (χ1n) is 6.23. The number of benzene rings is 2. The molecule has 2 aromatic carbocycles. The summed E-state index contributed by atoms with van der Waals surface area (Å²) in [7, 11) is 1.67. The number of nitrogens with one attached hydrogen (secondary N) is 1. The van der Waals surface area contributed by atoms with Crippen molar-refractivity contribution < 1.29 is 4.74 Å². The topological polar surface area (TPSA) is 21.3 Å². The monoisotopic (exact) mass is 275 g/mol. The fourth-order valence-corrected chi connectivity index (χ4v) is 2.20. The molecule has 3 heteroatoms. The molecule has 0 saturated heterocycles. The number of ether oxygens (including phenoxy) is 1. The molecule has 2 rings (SSSR count). The van der Waals surface area contributed by atoms with Crippen molar-refractivity contribution in [3.63, 3.8) is 0 Å². The van der Waals surface area contributed by atoms with Gasteiger partial charge in [0.05, 0.1) is 7.11 Å². The standard InChI is InChI=1S/C16H18ClNO/c1-11-4-5-12(2)15(8-11)18-10-13-9-14(17)6-7-16(13)19-3/h4-9,18H,10H2,1-3H3. The molecule has 2 nitrogen and oxygen atoms in total. The molecule has 0 amide bonds. The summed E-state index contributed by atoms with van der Waals surface area (Å²) < 4.78 is 5.34. The molecule has 1 N–H and O–H groups in total. The van der Waals surface area contributed by atoms with Crippen LogP contribution >= 0.6 is 11.6 Å². The number of hydrogen-bond acceptors (Lipinski definition) is 2. The predicted octanol–water partition coefficient (Wildman–Crippen LogP) is 4.58. The van der Waals surface area contributed by atoms with E-state index in [1.165, 1.54) is 11.1 Å². The summed E-state index contributed by atoms with van der Waals surface area (Å²) in [6, 6.07) is 12.0. The molecule has 2 aromatic rings. The van der Waals surface area contributed by atoms with Gasteiger partial charge in [0.1, 0.15) is 5.75 Å². The summed E-state index contributed by atoms with van der Waals surface area (Å²) in [6.07, 6.45) is 0. The quantitative estimate of drug-likeness (QED) is 0.882. The van der Waals surface area contributed by atoms with Crippen LogP contribution in [0.2, 0.25) is 5.02 Å². The van der Waals surface area contributed by atoms with E-state index in [0.29, 0.717) is 6.54 Å². The Balaban J connectivity index is 2.18. The van der Waals surface area contributed by atoms with E-state index in [1.54, 1.807) is 7.11 Å². The van der Waals surface area contributed by atoms with E-state index in [2.05, 4.69) is 37.4 Å². The van der Waals surface area contributed by atoms with Crippen LogP contribution < -0.4 is 10.1 Å². The number of anilines is 1. The maximum atomic E-state index is 6.03. The molecule has 19 heavy (non-hydrogen) atoms. The molecule has 0 radical (unpaired) electrons. The Morgan fingerprint density at radius 3 is 2.63 bits per heavy atom. The van der Waals surface area contributed by atoms with E-state index in [-0.39, 0.29) is 0 Å². The Hall–Kier alpha value is -1.67. The number of hydrogen-bond donors (Lipinski definition) is 1. The lowest BCUT2D eigenvalue weighted by Crippen LogP contribution is -2.03. The minimum absolute atomic E-state index is 0.689. The Labute approximate surface area is 119 Å². The fourth-order valence-electron chi connectivity index (χ4n) is 2.00. The van der Waals surface area contributed by atoms with E-state index in [1.807, 2.05) is 18.2 Å². The third-order valence-corrected chi connectivity index (χ3v) is 3.34. The van der Waals surface area contributed by atoms with E-state index in [9.17, 15) is 0 Å². The van der Waals surface area contributed by atoms with Gasteiger partial charge in [-0.3, -0.25) is 0 Å². The van der Waals surface area contributed by atoms with Gasteiger partial charge >= 0.3 is 0 Å². The van der Waals surface area contributed by atoms with Crippen molar-refractivity contribution in [2.75, 3.05) is 12.4 Å². The molecule has 0 unspecified atom stereocenters. The third kappa shape index (κ3) is 3.42. The summed E-state index contributed by atoms with van der Waals surface area (Å²) in [5.74, 6) is 0.849. The minimum atomic E-state index is 0.689. The number of halogens is 1. The summed E-state index contributed by atoms with van der Waals surface area (Å²) >= 11 is 6.03. The Morgan fingerprint density at radius 2 is 1.89 bits per heavy atom. The SMILES string of the molecule is COc1ccc(Cl)cc1CNc1cc(C)ccc1C. The maximum absolute atomic E-state index is 6.03. The van der Waals surface area contributed by atoms with Gasteiger partial charge in [0.25, 0.3) is 0 Å². The van der Waals surface area contributed by atoms with Crippen LogP contribution in [0.1, 0.15) is 16.7 Å². The zero-order valence-corrected chi connectivity index (χ0v) is 12.2. The zero-order chi connectivity index (χ0) is 13.8. The molecule has 0 atom stereocenters. The van der Waals surface area contributed by atoms with Crippen molar-refractivity contribution in [3.05, 3.63) is 58.1 Å². The first-order chi connectivity index (χ1) is 9.10. The van der Waals surface area contributed by atoms with Crippen molar-refractivity contribution in [3.8, 4) is 5.75 Å². The van der Waals surface area contributed by atoms with Gasteiger partial charge in [-0.15, -0.1) is 0 Å². The van der Waals surface area contributed by atoms with Gasteiger partial charge in [-0.2, -0.15) is 0 Å². The van der Waals surface area contributed by atoms with Gasteiger partial charge in [0.2, 0.25) is 0 Å². The molecule has 0 spiro atoms. The lowest BCUT2D eigenvalue weighted by molar-refractivity contribution is 0.410. The minimum Gasteiger partial charge on any atom is -0.496 e. The summed E-state index contributed by atoms with van der Waals surface area (Å²) in [6.45, 7) is 4.87. The zero-order valence-electron chi connectivity index (χ0n) is 11.5. The first kappa shape index (κ1) is 13.8. The molecule has 0 bridgehead atoms. The van der Waals surface area contributed by atoms with Crippen LogP contribution in [0.25, 0.3) is 0 Å². The molecule has 0 aliphatic heterocycles. The maximum Gasteiger partial charge on any atom is 0.123 e. The molecule has 0 fully saturated rings. The van der Waals surface area contributed by atoms with Crippen molar-refractivity contribution in [2.24, 2.45) is 0 Å². The molecule has 0 aliphatic rings. The molecule has 0 aromatic heterocycles. The Morgan fingerprint density at radius 1 is 1.11 bits per heavy atom. The van der Waals surface area contributed by atoms with Crippen LogP contribution in [-0.4, -0.2) is 7.11 Å². The van der Waals surface area contributed by atoms with Gasteiger partial charge in [0, 0.05) is 22.8 Å². The van der Waals surface area contributed by atoms with Crippen molar-refractivity contribution >= 4 is 17.3 Å². The lowest BCUT2D eigenvalue weighted by Gasteiger charge is -2.13. The van der Waals surface area contributed by atoms with Crippen LogP contribution in [-0.2, 0) is 6.54 Å². The third-order valence-electron chi connectivity index (χ3n) is 3.10. The van der Waals surface area contributed by atoms with Crippen LogP contribution in [0.3, 0.4) is 0 Å². The number of methoxy groups -OCH3 is 1. The van der Waals surface area contributed by atoms with Crippen molar-refractivity contribution in [1.82, 2.24) is 0 Å². The summed E-state index contributed by atoms with van der Waals surface area (Å²) in [5, 5.41) is 4.15. The second-order valence-electron chi connectivity index (χ2n) is 4.63. The van der Waals surface area contributed by atoms with Gasteiger partial charge in [-0.1, -0.05) is 23.7 Å². The summed E-state index contributed by atoms with van der Waals surface area (Å²) in [4.78, 5) is 0. The summed E-state index contributed by atoms with van der Waals surface area (Å²) in [5.41, 5.74) is 4.66. The highest BCUT2D eigenvalue weighted by atomic mass is 35.5. The molecule has 0 saturated carbocycles. The van der Waals surface area contributed by atoms with Gasteiger partial charge in [-0.05, 0) is 49.2 Å². The molecule has 0 aliphatic carbocycles. The predicted molar refractivity (Wildman–Crippen MR) is 81.2 cm³/mol. The van der Waals surface area contributed by atoms with E-state index < -0.39 is 0 Å². The van der Waals surface area contributed by atoms with Gasteiger partial charge in [0.15, 0.2) is 0 Å². The molecular weight excluding hydrogens is 258 g/mol. The van der Waals surface area contributed by atoms with E-state index >= 15 is 0 Å². The highest BCUT2D eigenvalue weighted by Gasteiger charge is 2.05. The number of aryl methyl sites for hydroxylation is 2. The second kappa shape index (κ2) is 5.98. The molecular formula is C16H18ClNO. The normalized spacial score (nSPS) is 10.3. The fraction of sp³-hybridized carbons (Fsp3) is 0.250. The average Bonchev–Trinajstić information content (AvgIpc) is 2.40. The number of rotatable bonds is 4. The molecule has 0 heterocycles. The van der Waals surface area contributed by atoms with Crippen LogP contribution in [0.4, 0.5) is 5.69 Å². The highest BCUT2D eigenvalue weighted by Crippen LogP contribution is 2.24. The van der Waals surface area contributed by atoms with E-state index in [0.717, 1.165) is 22.0 Å². The smallest absolute Gasteiger partial charge is 0.123 e. The first-order valence-corrected chi connectivity index (χ1v) is 6.61.